The first kappa shape index (κ1) is 28.3. The van der Waals surface area contributed by atoms with E-state index < -0.39 is 0 Å². The largest absolute Gasteiger partial charge is 0.493 e. The van der Waals surface area contributed by atoms with Gasteiger partial charge in [0.1, 0.15) is 6.54 Å². The van der Waals surface area contributed by atoms with Crippen LogP contribution in [0.15, 0.2) is 60.0 Å². The van der Waals surface area contributed by atoms with Gasteiger partial charge in [-0.1, -0.05) is 44.5 Å². The van der Waals surface area contributed by atoms with Gasteiger partial charge in [0.15, 0.2) is 11.5 Å². The lowest BCUT2D eigenvalue weighted by Crippen LogP contribution is -2.43. The molecule has 0 aliphatic heterocycles. The summed E-state index contributed by atoms with van der Waals surface area (Å²) in [5.74, 6) is 1.19. The molecule has 0 radical (unpaired) electrons. The van der Waals surface area contributed by atoms with Crippen molar-refractivity contribution in [2.45, 2.75) is 46.1 Å². The number of carbonyl (C=O) groups excluding carboxylic acids is 2. The molecule has 0 aliphatic rings. The second-order valence-electron chi connectivity index (χ2n) is 8.96. The number of nitrogens with zero attached hydrogens (tertiary/aromatic N) is 2. The fraction of sp³-hybridized carbons (Fsp3) is 0.400. The molecule has 0 saturated carbocycles. The molecular weight excluding hydrogens is 484 g/mol. The Balaban J connectivity index is 1.76. The number of methoxy groups -OCH3 is 2. The monoisotopic (exact) mass is 522 g/mol. The van der Waals surface area contributed by atoms with Gasteiger partial charge < -0.3 is 19.3 Å². The zero-order valence-electron chi connectivity index (χ0n) is 22.4. The molecule has 0 bridgehead atoms. The van der Waals surface area contributed by atoms with Crippen LogP contribution in [0, 0.1) is 0 Å². The maximum atomic E-state index is 13.6. The molecule has 0 atom stereocenters. The van der Waals surface area contributed by atoms with E-state index in [1.165, 1.54) is 5.56 Å². The van der Waals surface area contributed by atoms with E-state index in [0.29, 0.717) is 43.1 Å². The Labute approximate surface area is 224 Å². The summed E-state index contributed by atoms with van der Waals surface area (Å²) in [4.78, 5) is 31.7. The number of unbranched alkanes of at least 4 members (excludes halogenated alkanes) is 1. The van der Waals surface area contributed by atoms with E-state index in [4.69, 9.17) is 9.47 Å². The first-order valence-electron chi connectivity index (χ1n) is 12.9. The van der Waals surface area contributed by atoms with Gasteiger partial charge in [0, 0.05) is 23.5 Å². The molecule has 1 heterocycles. The van der Waals surface area contributed by atoms with Crippen LogP contribution in [-0.2, 0) is 24.2 Å². The van der Waals surface area contributed by atoms with Crippen molar-refractivity contribution in [1.29, 1.82) is 0 Å². The summed E-state index contributed by atoms with van der Waals surface area (Å²) in [6.45, 7) is 5.85. The normalized spacial score (nSPS) is 10.7. The highest BCUT2D eigenvalue weighted by Gasteiger charge is 2.23. The summed E-state index contributed by atoms with van der Waals surface area (Å²) in [5.41, 5.74) is 2.86. The van der Waals surface area contributed by atoms with Gasteiger partial charge >= 0.3 is 0 Å². The maximum absolute atomic E-state index is 13.6. The third kappa shape index (κ3) is 8.09. The summed E-state index contributed by atoms with van der Waals surface area (Å²) in [5, 5.41) is 2.02. The third-order valence-electron chi connectivity index (χ3n) is 6.40. The van der Waals surface area contributed by atoms with Crippen LogP contribution in [0.5, 0.6) is 11.5 Å². The van der Waals surface area contributed by atoms with Gasteiger partial charge in [-0.05, 0) is 66.1 Å². The van der Waals surface area contributed by atoms with Gasteiger partial charge in [0.2, 0.25) is 5.91 Å². The maximum Gasteiger partial charge on any atom is 0.254 e. The number of thiophene rings is 1. The molecule has 2 aromatic carbocycles. The summed E-state index contributed by atoms with van der Waals surface area (Å²) in [7, 11) is 3.23. The Hall–Kier alpha value is -3.32. The van der Waals surface area contributed by atoms with Crippen molar-refractivity contribution >= 4 is 23.2 Å². The van der Waals surface area contributed by atoms with E-state index in [9.17, 15) is 9.59 Å². The minimum Gasteiger partial charge on any atom is -0.493 e. The zero-order chi connectivity index (χ0) is 26.6. The second kappa shape index (κ2) is 14.4. The first-order chi connectivity index (χ1) is 18.0. The van der Waals surface area contributed by atoms with Crippen LogP contribution in [0.1, 0.15) is 53.1 Å². The Morgan fingerprint density at radius 1 is 0.865 bits per heavy atom. The summed E-state index contributed by atoms with van der Waals surface area (Å²) < 4.78 is 10.8. The Kier molecular flexibility index (Phi) is 11.0. The van der Waals surface area contributed by atoms with Crippen molar-refractivity contribution in [3.63, 3.8) is 0 Å². The van der Waals surface area contributed by atoms with Crippen molar-refractivity contribution in [1.82, 2.24) is 9.80 Å². The number of benzene rings is 2. The zero-order valence-corrected chi connectivity index (χ0v) is 23.2. The van der Waals surface area contributed by atoms with Gasteiger partial charge in [0.25, 0.3) is 5.91 Å². The van der Waals surface area contributed by atoms with Crippen molar-refractivity contribution in [2.24, 2.45) is 0 Å². The lowest BCUT2D eigenvalue weighted by molar-refractivity contribution is -0.132. The van der Waals surface area contributed by atoms with Crippen LogP contribution in [0.4, 0.5) is 0 Å². The highest BCUT2D eigenvalue weighted by molar-refractivity contribution is 7.09. The van der Waals surface area contributed by atoms with E-state index in [1.54, 1.807) is 30.5 Å². The number of carbonyl (C=O) groups is 2. The predicted octanol–water partition coefficient (Wildman–Crippen LogP) is 5.84. The fourth-order valence-corrected chi connectivity index (χ4v) is 4.83. The minimum atomic E-state index is -0.0968. The minimum absolute atomic E-state index is 0.0523. The molecule has 7 heteroatoms. The van der Waals surface area contributed by atoms with E-state index in [-0.39, 0.29) is 18.4 Å². The summed E-state index contributed by atoms with van der Waals surface area (Å²) in [6.07, 6.45) is 3.39. The highest BCUT2D eigenvalue weighted by Crippen LogP contribution is 2.28. The van der Waals surface area contributed by atoms with E-state index in [2.05, 4.69) is 13.8 Å². The Morgan fingerprint density at radius 2 is 1.59 bits per heavy atom. The number of hydrogen-bond acceptors (Lipinski definition) is 5. The molecule has 0 unspecified atom stereocenters. The molecule has 3 aromatic rings. The Morgan fingerprint density at radius 3 is 2.22 bits per heavy atom. The number of aryl methyl sites for hydroxylation is 1. The van der Waals surface area contributed by atoms with Crippen LogP contribution in [0.2, 0.25) is 0 Å². The molecular formula is C30H38N2O4S. The topological polar surface area (TPSA) is 59.1 Å². The quantitative estimate of drug-likeness (QED) is 0.267. The van der Waals surface area contributed by atoms with Crippen LogP contribution in [0.25, 0.3) is 0 Å². The number of rotatable bonds is 14. The van der Waals surface area contributed by atoms with Crippen LogP contribution < -0.4 is 9.47 Å². The fourth-order valence-electron chi connectivity index (χ4n) is 4.11. The first-order valence-corrected chi connectivity index (χ1v) is 13.8. The summed E-state index contributed by atoms with van der Waals surface area (Å²) >= 11 is 1.63. The predicted molar refractivity (Wildman–Crippen MR) is 150 cm³/mol. The molecule has 3 rings (SSSR count). The molecule has 6 nitrogen and oxygen atoms in total. The molecule has 1 aromatic heterocycles. The van der Waals surface area contributed by atoms with Crippen molar-refractivity contribution in [3.8, 4) is 11.5 Å². The lowest BCUT2D eigenvalue weighted by Gasteiger charge is -2.28. The molecule has 0 fully saturated rings. The van der Waals surface area contributed by atoms with Gasteiger partial charge in [-0.25, -0.2) is 0 Å². The van der Waals surface area contributed by atoms with Crippen molar-refractivity contribution < 1.29 is 19.1 Å². The molecule has 37 heavy (non-hydrogen) atoms. The van der Waals surface area contributed by atoms with E-state index in [0.717, 1.165) is 29.7 Å². The number of amides is 2. The second-order valence-corrected chi connectivity index (χ2v) is 10.00. The molecule has 0 N–H and O–H groups in total. The molecule has 0 spiro atoms. The highest BCUT2D eigenvalue weighted by atomic mass is 32.1. The third-order valence-corrected chi connectivity index (χ3v) is 7.26. The number of ether oxygens (including phenoxy) is 2. The van der Waals surface area contributed by atoms with Crippen LogP contribution >= 0.6 is 11.3 Å². The molecule has 2 amide bonds. The van der Waals surface area contributed by atoms with Crippen molar-refractivity contribution in [3.05, 3.63) is 81.5 Å². The smallest absolute Gasteiger partial charge is 0.254 e. The van der Waals surface area contributed by atoms with Gasteiger partial charge in [-0.2, -0.15) is 0 Å². The summed E-state index contributed by atoms with van der Waals surface area (Å²) in [6, 6.07) is 17.6. The number of hydrogen-bond donors (Lipinski definition) is 0. The van der Waals surface area contributed by atoms with Gasteiger partial charge in [0.05, 0.1) is 20.8 Å². The van der Waals surface area contributed by atoms with Crippen LogP contribution in [-0.4, -0.2) is 55.5 Å². The SMILES string of the molecule is CCCCN(CC(=O)N(CCc1ccc(OC)c(OC)c1)Cc1cccs1)C(=O)c1ccc(CC)cc1. The van der Waals surface area contributed by atoms with E-state index in [1.807, 2.05) is 64.9 Å². The van der Waals surface area contributed by atoms with E-state index >= 15 is 0 Å². The Bertz CT molecular complexity index is 1130. The molecule has 0 aliphatic carbocycles. The lowest BCUT2D eigenvalue weighted by atomic mass is 10.1. The van der Waals surface area contributed by atoms with Gasteiger partial charge in [-0.15, -0.1) is 11.3 Å². The molecule has 0 saturated heterocycles. The van der Waals surface area contributed by atoms with Crippen LogP contribution in [0.3, 0.4) is 0 Å². The van der Waals surface area contributed by atoms with Gasteiger partial charge in [-0.3, -0.25) is 9.59 Å². The molecule has 198 valence electrons. The van der Waals surface area contributed by atoms with Crippen molar-refractivity contribution in [2.75, 3.05) is 33.9 Å². The average molecular weight is 523 g/mol. The average Bonchev–Trinajstić information content (AvgIpc) is 3.45. The standard InChI is InChI=1S/C30H38N2O4S/c1-5-7-17-32(30(34)25-13-10-23(6-2)11-14-25)22-29(33)31(21-26-9-8-19-37-26)18-16-24-12-15-27(35-3)28(20-24)36-4/h8-15,19-20H,5-7,16-18,21-22H2,1-4H3.